The van der Waals surface area contributed by atoms with Crippen LogP contribution in [0.4, 0.5) is 0 Å². The highest BCUT2D eigenvalue weighted by Crippen LogP contribution is 2.22. The second-order valence-electron chi connectivity index (χ2n) is 2.25. The van der Waals surface area contributed by atoms with Crippen molar-refractivity contribution in [3.05, 3.63) is 33.8 Å². The van der Waals surface area contributed by atoms with Gasteiger partial charge in [-0.25, -0.2) is 0 Å². The molecule has 4 heteroatoms. The maximum Gasteiger partial charge on any atom is 0.0598 e. The van der Waals surface area contributed by atoms with E-state index in [0.29, 0.717) is 15.8 Å². The van der Waals surface area contributed by atoms with E-state index in [1.165, 1.54) is 0 Å². The smallest absolute Gasteiger partial charge is 0.0598 e. The van der Waals surface area contributed by atoms with Crippen molar-refractivity contribution in [3.63, 3.8) is 0 Å². The van der Waals surface area contributed by atoms with Crippen LogP contribution in [0.1, 0.15) is 12.5 Å². The first-order valence-corrected chi connectivity index (χ1v) is 3.87. The summed E-state index contributed by atoms with van der Waals surface area (Å²) in [6, 6.07) is 5.15. The van der Waals surface area contributed by atoms with Crippen molar-refractivity contribution in [3.8, 4) is 0 Å². The molecule has 1 aromatic rings. The van der Waals surface area contributed by atoms with E-state index >= 15 is 0 Å². The lowest BCUT2D eigenvalue weighted by atomic mass is 10.1. The third-order valence-corrected chi connectivity index (χ3v) is 2.09. The van der Waals surface area contributed by atoms with Crippen molar-refractivity contribution in [2.45, 2.75) is 6.92 Å². The standard InChI is InChI=1S/C8H7Cl2N.H2O/c1-5(11)6-2-3-7(9)8(10)4-6;/h2-4,11H,1H3;1H2. The van der Waals surface area contributed by atoms with Gasteiger partial charge in [0.25, 0.3) is 0 Å². The molecule has 2 nitrogen and oxygen atoms in total. The van der Waals surface area contributed by atoms with Crippen LogP contribution in [-0.4, -0.2) is 11.2 Å². The molecule has 0 heterocycles. The van der Waals surface area contributed by atoms with Gasteiger partial charge < -0.3 is 10.9 Å². The topological polar surface area (TPSA) is 55.4 Å². The summed E-state index contributed by atoms with van der Waals surface area (Å²) in [5.41, 5.74) is 1.29. The lowest BCUT2D eigenvalue weighted by Crippen LogP contribution is -1.90. The summed E-state index contributed by atoms with van der Waals surface area (Å²) >= 11 is 11.4. The van der Waals surface area contributed by atoms with Crippen molar-refractivity contribution < 1.29 is 5.48 Å². The van der Waals surface area contributed by atoms with Gasteiger partial charge in [0.2, 0.25) is 0 Å². The summed E-state index contributed by atoms with van der Waals surface area (Å²) in [7, 11) is 0. The van der Waals surface area contributed by atoms with Gasteiger partial charge in [-0.3, -0.25) is 0 Å². The fraction of sp³-hybridized carbons (Fsp3) is 0.125. The Labute approximate surface area is 80.9 Å². The molecule has 0 radical (unpaired) electrons. The summed E-state index contributed by atoms with van der Waals surface area (Å²) < 4.78 is 0. The van der Waals surface area contributed by atoms with Gasteiger partial charge >= 0.3 is 0 Å². The van der Waals surface area contributed by atoms with Gasteiger partial charge in [-0.05, 0) is 24.6 Å². The number of rotatable bonds is 1. The van der Waals surface area contributed by atoms with Gasteiger partial charge in [0, 0.05) is 5.71 Å². The molecule has 0 saturated carbocycles. The molecule has 3 N–H and O–H groups in total. The summed E-state index contributed by atoms with van der Waals surface area (Å²) in [5.74, 6) is 0. The van der Waals surface area contributed by atoms with Crippen molar-refractivity contribution in [1.82, 2.24) is 0 Å². The molecule has 1 aromatic carbocycles. The van der Waals surface area contributed by atoms with Gasteiger partial charge in [-0.1, -0.05) is 29.3 Å². The second-order valence-corrected chi connectivity index (χ2v) is 3.07. The monoisotopic (exact) mass is 205 g/mol. The molecule has 0 unspecified atom stereocenters. The lowest BCUT2D eigenvalue weighted by Gasteiger charge is -1.99. The zero-order valence-corrected chi connectivity index (χ0v) is 8.00. The summed E-state index contributed by atoms with van der Waals surface area (Å²) in [5, 5.41) is 8.32. The van der Waals surface area contributed by atoms with E-state index in [1.807, 2.05) is 0 Å². The van der Waals surface area contributed by atoms with Crippen LogP contribution in [0.3, 0.4) is 0 Å². The predicted octanol–water partition coefficient (Wildman–Crippen LogP) is 2.56. The van der Waals surface area contributed by atoms with E-state index < -0.39 is 0 Å². The van der Waals surface area contributed by atoms with Gasteiger partial charge in [0.15, 0.2) is 0 Å². The highest BCUT2D eigenvalue weighted by molar-refractivity contribution is 6.42. The highest BCUT2D eigenvalue weighted by Gasteiger charge is 1.99. The van der Waals surface area contributed by atoms with Crippen LogP contribution in [0.25, 0.3) is 0 Å². The normalized spacial score (nSPS) is 8.92. The van der Waals surface area contributed by atoms with Gasteiger partial charge in [0.05, 0.1) is 10.0 Å². The molecule has 12 heavy (non-hydrogen) atoms. The Morgan fingerprint density at radius 1 is 1.25 bits per heavy atom. The van der Waals surface area contributed by atoms with E-state index in [4.69, 9.17) is 28.6 Å². The molecule has 1 rings (SSSR count). The minimum Gasteiger partial charge on any atom is -0.412 e. The largest absolute Gasteiger partial charge is 0.412 e. The second kappa shape index (κ2) is 4.45. The Bertz CT molecular complexity index is 299. The van der Waals surface area contributed by atoms with Gasteiger partial charge in [0.1, 0.15) is 0 Å². The van der Waals surface area contributed by atoms with E-state index in [2.05, 4.69) is 0 Å². The van der Waals surface area contributed by atoms with Crippen LogP contribution >= 0.6 is 23.2 Å². The molecule has 66 valence electrons. The molecule has 0 aromatic heterocycles. The summed E-state index contributed by atoms with van der Waals surface area (Å²) in [4.78, 5) is 0. The number of benzene rings is 1. The molecular formula is C8H9Cl2NO. The van der Waals surface area contributed by atoms with Crippen molar-refractivity contribution in [1.29, 1.82) is 5.41 Å². The Balaban J connectivity index is 0.00000121. The minimum absolute atomic E-state index is 0. The van der Waals surface area contributed by atoms with Crippen molar-refractivity contribution in [2.24, 2.45) is 0 Å². The molecule has 0 saturated heterocycles. The number of hydrogen-bond acceptors (Lipinski definition) is 1. The maximum atomic E-state index is 7.30. The van der Waals surface area contributed by atoms with Crippen molar-refractivity contribution >= 4 is 28.9 Å². The fourth-order valence-corrected chi connectivity index (χ4v) is 1.03. The third kappa shape index (κ3) is 2.48. The Morgan fingerprint density at radius 2 is 1.83 bits per heavy atom. The molecule has 0 amide bonds. The fourth-order valence-electron chi connectivity index (χ4n) is 0.729. The SMILES string of the molecule is CC(=N)c1ccc(Cl)c(Cl)c1.O. The molecule has 0 aliphatic carbocycles. The zero-order chi connectivity index (χ0) is 8.43. The van der Waals surface area contributed by atoms with Crippen LogP contribution in [0, 0.1) is 5.41 Å². The molecule has 0 bridgehead atoms. The molecule has 0 spiro atoms. The Morgan fingerprint density at radius 3 is 2.25 bits per heavy atom. The van der Waals surface area contributed by atoms with Crippen LogP contribution in [-0.2, 0) is 0 Å². The Kier molecular flexibility index (Phi) is 4.24. The molecule has 0 fully saturated rings. The van der Waals surface area contributed by atoms with Gasteiger partial charge in [-0.15, -0.1) is 0 Å². The van der Waals surface area contributed by atoms with E-state index in [1.54, 1.807) is 25.1 Å². The summed E-state index contributed by atoms with van der Waals surface area (Å²) in [6.45, 7) is 1.71. The average molecular weight is 206 g/mol. The Hall–Kier alpha value is -0.570. The molecular weight excluding hydrogens is 197 g/mol. The first-order chi connectivity index (χ1) is 5.11. The molecule has 0 aliphatic rings. The lowest BCUT2D eigenvalue weighted by molar-refractivity contribution is 0.824. The first-order valence-electron chi connectivity index (χ1n) is 3.12. The van der Waals surface area contributed by atoms with E-state index in [-0.39, 0.29) is 5.48 Å². The van der Waals surface area contributed by atoms with Crippen molar-refractivity contribution in [2.75, 3.05) is 0 Å². The summed E-state index contributed by atoms with van der Waals surface area (Å²) in [6.07, 6.45) is 0. The van der Waals surface area contributed by atoms with Gasteiger partial charge in [-0.2, -0.15) is 0 Å². The number of halogens is 2. The molecule has 0 atom stereocenters. The van der Waals surface area contributed by atoms with Crippen LogP contribution < -0.4 is 0 Å². The average Bonchev–Trinajstić information content (AvgIpc) is 1.94. The quantitative estimate of drug-likeness (QED) is 0.686. The number of hydrogen-bond donors (Lipinski definition) is 1. The van der Waals surface area contributed by atoms with Crippen LogP contribution in [0.5, 0.6) is 0 Å². The van der Waals surface area contributed by atoms with Crippen LogP contribution in [0.2, 0.25) is 10.0 Å². The molecule has 0 aliphatic heterocycles. The van der Waals surface area contributed by atoms with E-state index in [0.717, 1.165) is 5.56 Å². The zero-order valence-electron chi connectivity index (χ0n) is 6.49. The predicted molar refractivity (Wildman–Crippen MR) is 52.6 cm³/mol. The third-order valence-electron chi connectivity index (χ3n) is 1.35. The first kappa shape index (κ1) is 11.4. The highest BCUT2D eigenvalue weighted by atomic mass is 35.5. The maximum absolute atomic E-state index is 7.30. The number of nitrogens with one attached hydrogen (secondary N) is 1. The van der Waals surface area contributed by atoms with Crippen LogP contribution in [0.15, 0.2) is 18.2 Å². The van der Waals surface area contributed by atoms with E-state index in [9.17, 15) is 0 Å². The minimum atomic E-state index is 0.